The van der Waals surface area contributed by atoms with E-state index in [1.807, 2.05) is 54.7 Å². The maximum absolute atomic E-state index is 12.3. The fourth-order valence-corrected chi connectivity index (χ4v) is 4.25. The van der Waals surface area contributed by atoms with E-state index < -0.39 is 5.60 Å². The number of hydrogen-bond donors (Lipinski definition) is 0. The molecule has 0 aliphatic carbocycles. The van der Waals surface area contributed by atoms with Gasteiger partial charge in [0.2, 0.25) is 0 Å². The number of amides is 1. The molecule has 5 nitrogen and oxygen atoms in total. The van der Waals surface area contributed by atoms with Gasteiger partial charge >= 0.3 is 6.09 Å². The summed E-state index contributed by atoms with van der Waals surface area (Å²) in [4.78, 5) is 18.7. The predicted octanol–water partition coefficient (Wildman–Crippen LogP) is 6.54. The average Bonchev–Trinajstić information content (AvgIpc) is 2.99. The highest BCUT2D eigenvalue weighted by atomic mass is 127. The molecule has 0 bridgehead atoms. The van der Waals surface area contributed by atoms with Crippen molar-refractivity contribution in [2.45, 2.75) is 74.0 Å². The third kappa shape index (κ3) is 5.76. The number of aryl methyl sites for hydroxylation is 1. The quantitative estimate of drug-likeness (QED) is 0.413. The van der Waals surface area contributed by atoms with Gasteiger partial charge in [0.25, 0.3) is 0 Å². The first-order chi connectivity index (χ1) is 12.8. The number of aromatic nitrogens is 2. The normalized spacial score (nSPS) is 13.1. The lowest BCUT2D eigenvalue weighted by Crippen LogP contribution is -2.40. The van der Waals surface area contributed by atoms with Gasteiger partial charge in [-0.25, -0.2) is 9.78 Å². The van der Waals surface area contributed by atoms with Crippen LogP contribution in [0.1, 0.15) is 65.2 Å². The Hall–Kier alpha value is -0.960. The lowest BCUT2D eigenvalue weighted by Gasteiger charge is -2.31. The van der Waals surface area contributed by atoms with E-state index in [2.05, 4.69) is 43.3 Å². The maximum Gasteiger partial charge on any atom is 0.410 e. The molecule has 3 heterocycles. The number of fused-ring (bicyclic) bond motifs is 3. The van der Waals surface area contributed by atoms with Crippen molar-refractivity contribution >= 4 is 47.5 Å². The molecule has 3 rings (SSSR count). The Kier molecular flexibility index (Phi) is 9.41. The minimum atomic E-state index is -0.467. The summed E-state index contributed by atoms with van der Waals surface area (Å²) < 4.78 is 7.57. The Morgan fingerprint density at radius 2 is 1.89 bits per heavy atom. The summed E-state index contributed by atoms with van der Waals surface area (Å²) in [6, 6.07) is 0. The number of hydrogen-bond acceptors (Lipinski definition) is 4. The molecule has 1 aliphatic heterocycles. The number of nitrogens with zero attached hydrogens (tertiary/aromatic N) is 3. The van der Waals surface area contributed by atoms with Crippen molar-refractivity contribution in [1.82, 2.24) is 13.9 Å². The lowest BCUT2D eigenvalue weighted by atomic mass is 9.97. The van der Waals surface area contributed by atoms with Crippen molar-refractivity contribution in [2.75, 3.05) is 6.54 Å². The summed E-state index contributed by atoms with van der Waals surface area (Å²) in [5.74, 6) is 0. The molecule has 1 amide bonds. The summed E-state index contributed by atoms with van der Waals surface area (Å²) in [5, 5.41) is 1.23. The minimum absolute atomic E-state index is 0.250. The number of ether oxygens (including phenoxy) is 1. The minimum Gasteiger partial charge on any atom is -0.444 e. The highest BCUT2D eigenvalue weighted by Gasteiger charge is 2.27. The van der Waals surface area contributed by atoms with Crippen molar-refractivity contribution in [1.29, 1.82) is 0 Å². The van der Waals surface area contributed by atoms with E-state index in [0.717, 1.165) is 17.6 Å². The van der Waals surface area contributed by atoms with Gasteiger partial charge in [-0.05, 0) is 50.8 Å². The summed E-state index contributed by atoms with van der Waals surface area (Å²) in [6.45, 7) is 17.0. The molecule has 2 aromatic rings. The zero-order valence-corrected chi connectivity index (χ0v) is 20.7. The summed E-state index contributed by atoms with van der Waals surface area (Å²) in [6.07, 6.45) is 4.61. The molecule has 1 aliphatic rings. The number of halogens is 1. The molecule has 0 saturated carbocycles. The average molecular weight is 505 g/mol. The van der Waals surface area contributed by atoms with Gasteiger partial charge in [0, 0.05) is 54.6 Å². The summed E-state index contributed by atoms with van der Waals surface area (Å²) in [7, 11) is 1.62. The van der Waals surface area contributed by atoms with Crippen LogP contribution in [0.4, 0.5) is 4.79 Å². The van der Waals surface area contributed by atoms with Crippen molar-refractivity contribution in [3.8, 4) is 0 Å². The van der Waals surface area contributed by atoms with Gasteiger partial charge in [-0.2, -0.15) is 0 Å². The second-order valence-electron chi connectivity index (χ2n) is 6.82. The van der Waals surface area contributed by atoms with Crippen molar-refractivity contribution < 1.29 is 9.53 Å². The Balaban J connectivity index is 0.000000855. The van der Waals surface area contributed by atoms with Crippen LogP contribution in [0.3, 0.4) is 0 Å². The van der Waals surface area contributed by atoms with Crippen LogP contribution in [-0.4, -0.2) is 32.1 Å². The van der Waals surface area contributed by atoms with Crippen LogP contribution in [0.15, 0.2) is 12.4 Å². The molecule has 0 radical (unpaired) electrons. The van der Waals surface area contributed by atoms with E-state index in [1.165, 1.54) is 16.5 Å². The number of carbonyl (C=O) groups is 1. The molecule has 7 heteroatoms. The molecule has 0 N–H and O–H groups in total. The smallest absolute Gasteiger partial charge is 0.410 e. The highest BCUT2D eigenvalue weighted by Crippen LogP contribution is 2.33. The SMILES string of the molecule is CC.CC.Cc1cn(SI)c2ncc3c(c12)CCN(C(=O)OC(C)(C)C)C3. The highest BCUT2D eigenvalue weighted by molar-refractivity contribution is 14.2. The van der Waals surface area contributed by atoms with Crippen molar-refractivity contribution in [3.05, 3.63) is 29.1 Å². The molecule has 152 valence electrons. The monoisotopic (exact) mass is 505 g/mol. The van der Waals surface area contributed by atoms with Crippen LogP contribution >= 0.6 is 30.3 Å². The van der Waals surface area contributed by atoms with Gasteiger partial charge in [-0.15, -0.1) is 0 Å². The van der Waals surface area contributed by atoms with E-state index in [9.17, 15) is 4.79 Å². The third-order valence-corrected chi connectivity index (χ3v) is 5.59. The molecular weight excluding hydrogens is 473 g/mol. The summed E-state index contributed by atoms with van der Waals surface area (Å²) >= 11 is 2.26. The largest absolute Gasteiger partial charge is 0.444 e. The fraction of sp³-hybridized carbons (Fsp3) is 0.600. The first-order valence-corrected chi connectivity index (χ1v) is 12.9. The molecule has 0 fully saturated rings. The van der Waals surface area contributed by atoms with Crippen LogP contribution in [0, 0.1) is 6.92 Å². The van der Waals surface area contributed by atoms with Gasteiger partial charge in [0.1, 0.15) is 5.60 Å². The second kappa shape index (κ2) is 10.5. The molecule has 0 saturated heterocycles. The molecular formula is C20H32IN3O2S. The molecule has 0 spiro atoms. The Labute approximate surface area is 180 Å². The van der Waals surface area contributed by atoms with Gasteiger partial charge in [-0.3, -0.25) is 3.97 Å². The second-order valence-corrected chi connectivity index (χ2v) is 8.53. The fourth-order valence-electron chi connectivity index (χ4n) is 2.95. The van der Waals surface area contributed by atoms with E-state index in [-0.39, 0.29) is 6.09 Å². The van der Waals surface area contributed by atoms with Crippen molar-refractivity contribution in [2.24, 2.45) is 0 Å². The molecule has 27 heavy (non-hydrogen) atoms. The Morgan fingerprint density at radius 1 is 1.26 bits per heavy atom. The van der Waals surface area contributed by atoms with E-state index in [0.29, 0.717) is 13.1 Å². The van der Waals surface area contributed by atoms with Gasteiger partial charge in [0.15, 0.2) is 5.65 Å². The third-order valence-electron chi connectivity index (χ3n) is 3.89. The number of pyridine rings is 1. The van der Waals surface area contributed by atoms with E-state index in [4.69, 9.17) is 4.74 Å². The number of carbonyl (C=O) groups excluding carboxylic acids is 1. The molecule has 0 unspecified atom stereocenters. The van der Waals surface area contributed by atoms with Crippen LogP contribution in [0.25, 0.3) is 11.0 Å². The van der Waals surface area contributed by atoms with Gasteiger partial charge in [0.05, 0.1) is 6.54 Å². The van der Waals surface area contributed by atoms with E-state index in [1.54, 1.807) is 14.0 Å². The van der Waals surface area contributed by atoms with Crippen LogP contribution in [0.5, 0.6) is 0 Å². The van der Waals surface area contributed by atoms with Gasteiger partial charge < -0.3 is 9.64 Å². The predicted molar refractivity (Wildman–Crippen MR) is 125 cm³/mol. The Bertz CT molecular complexity index is 769. The number of rotatable bonds is 1. The van der Waals surface area contributed by atoms with Crippen LogP contribution in [0.2, 0.25) is 0 Å². The standard InChI is InChI=1S/C16H20IN3O2S.2C2H6/c1-10-8-20(23-17)14-13(10)12-5-6-19(9-11(12)7-18-14)15(21)22-16(2,3)4;2*1-2/h7-8H,5-6,9H2,1-4H3;2*1-2H3. The molecule has 0 atom stereocenters. The lowest BCUT2D eigenvalue weighted by molar-refractivity contribution is 0.0224. The van der Waals surface area contributed by atoms with Crippen LogP contribution in [-0.2, 0) is 17.7 Å². The topological polar surface area (TPSA) is 47.4 Å². The maximum atomic E-state index is 12.3. The summed E-state index contributed by atoms with van der Waals surface area (Å²) in [5.41, 5.74) is 4.21. The van der Waals surface area contributed by atoms with Crippen LogP contribution < -0.4 is 0 Å². The first kappa shape index (κ1) is 24.1. The van der Waals surface area contributed by atoms with E-state index >= 15 is 0 Å². The first-order valence-electron chi connectivity index (χ1n) is 9.55. The van der Waals surface area contributed by atoms with Crippen molar-refractivity contribution in [3.63, 3.8) is 0 Å². The zero-order valence-electron chi connectivity index (χ0n) is 17.7. The Morgan fingerprint density at radius 3 is 2.44 bits per heavy atom. The van der Waals surface area contributed by atoms with Gasteiger partial charge in [-0.1, -0.05) is 27.7 Å². The zero-order chi connectivity index (χ0) is 20.8. The molecule has 0 aromatic carbocycles. The molecule has 2 aromatic heterocycles.